The Morgan fingerprint density at radius 1 is 1.67 bits per heavy atom. The van der Waals surface area contributed by atoms with Gasteiger partial charge in [0, 0.05) is 12.4 Å². The highest BCUT2D eigenvalue weighted by Crippen LogP contribution is 2.25. The van der Waals surface area contributed by atoms with Gasteiger partial charge in [-0.25, -0.2) is 9.78 Å². The molecule has 0 bridgehead atoms. The number of aromatic nitrogens is 2. The van der Waals surface area contributed by atoms with Gasteiger partial charge in [0.2, 0.25) is 0 Å². The minimum Gasteiger partial charge on any atom is -0.480 e. The zero-order valence-corrected chi connectivity index (χ0v) is 8.94. The maximum absolute atomic E-state index is 10.9. The maximum atomic E-state index is 10.9. The highest BCUT2D eigenvalue weighted by atomic mass is 32.1. The summed E-state index contributed by atoms with van der Waals surface area (Å²) in [6.45, 7) is 1.64. The van der Waals surface area contributed by atoms with Crippen molar-refractivity contribution in [3.63, 3.8) is 0 Å². The molecule has 78 valence electrons. The first-order valence-electron chi connectivity index (χ1n) is 4.49. The summed E-state index contributed by atoms with van der Waals surface area (Å²) in [5, 5.41) is 10.9. The van der Waals surface area contributed by atoms with Gasteiger partial charge in [0.1, 0.15) is 6.04 Å². The molecule has 0 aliphatic heterocycles. The Morgan fingerprint density at radius 2 is 2.47 bits per heavy atom. The molecule has 0 aliphatic rings. The lowest BCUT2D eigenvalue weighted by Gasteiger charge is -2.10. The molecule has 0 saturated carbocycles. The molecular weight excluding hydrogens is 212 g/mol. The number of carboxylic acid groups (broad SMARTS) is 1. The van der Waals surface area contributed by atoms with E-state index in [9.17, 15) is 4.79 Å². The predicted molar refractivity (Wildman–Crippen MR) is 57.9 cm³/mol. The molecular formula is C10H10N2O2S. The van der Waals surface area contributed by atoms with Crippen molar-refractivity contribution in [2.24, 2.45) is 0 Å². The average Bonchev–Trinajstić information content (AvgIpc) is 2.86. The molecule has 0 amide bonds. The van der Waals surface area contributed by atoms with Gasteiger partial charge >= 0.3 is 5.97 Å². The molecule has 2 aromatic rings. The molecule has 1 atom stereocenters. The summed E-state index contributed by atoms with van der Waals surface area (Å²) >= 11 is 1.55. The van der Waals surface area contributed by atoms with Crippen molar-refractivity contribution in [3.8, 4) is 10.7 Å². The highest BCUT2D eigenvalue weighted by Gasteiger charge is 2.17. The van der Waals surface area contributed by atoms with Gasteiger partial charge in [0.15, 0.2) is 5.82 Å². The lowest BCUT2D eigenvalue weighted by atomic mass is 10.3. The van der Waals surface area contributed by atoms with E-state index in [0.717, 1.165) is 4.88 Å². The second kappa shape index (κ2) is 3.86. The normalized spacial score (nSPS) is 12.6. The molecule has 2 aromatic heterocycles. The van der Waals surface area contributed by atoms with Crippen molar-refractivity contribution in [2.75, 3.05) is 0 Å². The Hall–Kier alpha value is -1.62. The van der Waals surface area contributed by atoms with Crippen molar-refractivity contribution in [2.45, 2.75) is 13.0 Å². The van der Waals surface area contributed by atoms with Crippen LogP contribution in [0.15, 0.2) is 29.9 Å². The summed E-state index contributed by atoms with van der Waals surface area (Å²) < 4.78 is 1.66. The molecule has 0 spiro atoms. The number of rotatable bonds is 3. The van der Waals surface area contributed by atoms with Gasteiger partial charge in [0.25, 0.3) is 0 Å². The third-order valence-corrected chi connectivity index (χ3v) is 3.05. The number of nitrogens with zero attached hydrogens (tertiary/aromatic N) is 2. The minimum absolute atomic E-state index is 0.593. The SMILES string of the molecule is C[C@@H](C(=O)O)n1ccnc1-c1cccs1. The molecule has 5 heteroatoms. The van der Waals surface area contributed by atoms with Crippen molar-refractivity contribution < 1.29 is 9.90 Å². The summed E-state index contributed by atoms with van der Waals surface area (Å²) in [7, 11) is 0. The summed E-state index contributed by atoms with van der Waals surface area (Å²) in [4.78, 5) is 16.0. The monoisotopic (exact) mass is 222 g/mol. The zero-order valence-electron chi connectivity index (χ0n) is 8.12. The van der Waals surface area contributed by atoms with Gasteiger partial charge in [-0.1, -0.05) is 6.07 Å². The quantitative estimate of drug-likeness (QED) is 0.866. The number of imidazole rings is 1. The standard InChI is InChI=1S/C10H10N2O2S/c1-7(10(13)14)12-5-4-11-9(12)8-3-2-6-15-8/h2-7H,1H3,(H,13,14)/t7-/m0/s1. The van der Waals surface area contributed by atoms with Crippen LogP contribution in [0, 0.1) is 0 Å². The fourth-order valence-corrected chi connectivity index (χ4v) is 2.07. The van der Waals surface area contributed by atoms with Gasteiger partial charge in [-0.05, 0) is 18.4 Å². The molecule has 2 rings (SSSR count). The fraction of sp³-hybridized carbons (Fsp3) is 0.200. The van der Waals surface area contributed by atoms with E-state index in [1.807, 2.05) is 17.5 Å². The van der Waals surface area contributed by atoms with E-state index in [4.69, 9.17) is 5.11 Å². The van der Waals surface area contributed by atoms with E-state index in [2.05, 4.69) is 4.98 Å². The zero-order chi connectivity index (χ0) is 10.8. The lowest BCUT2D eigenvalue weighted by molar-refractivity contribution is -0.140. The Bertz CT molecular complexity index is 461. The Morgan fingerprint density at radius 3 is 3.07 bits per heavy atom. The largest absolute Gasteiger partial charge is 0.480 e. The number of carboxylic acids is 1. The van der Waals surface area contributed by atoms with Crippen molar-refractivity contribution >= 4 is 17.3 Å². The highest BCUT2D eigenvalue weighted by molar-refractivity contribution is 7.13. The van der Waals surface area contributed by atoms with Crippen LogP contribution in [0.3, 0.4) is 0 Å². The molecule has 0 radical (unpaired) electrons. The van der Waals surface area contributed by atoms with Crippen LogP contribution in [0.2, 0.25) is 0 Å². The van der Waals surface area contributed by atoms with Gasteiger partial charge in [-0.15, -0.1) is 11.3 Å². The topological polar surface area (TPSA) is 55.1 Å². The Labute approximate surface area is 90.8 Å². The Balaban J connectivity index is 2.43. The van der Waals surface area contributed by atoms with E-state index in [1.165, 1.54) is 0 Å². The number of aliphatic carboxylic acids is 1. The van der Waals surface area contributed by atoms with E-state index < -0.39 is 12.0 Å². The van der Waals surface area contributed by atoms with Crippen molar-refractivity contribution in [1.82, 2.24) is 9.55 Å². The minimum atomic E-state index is -0.856. The van der Waals surface area contributed by atoms with Crippen LogP contribution >= 0.6 is 11.3 Å². The maximum Gasteiger partial charge on any atom is 0.326 e. The number of hydrogen-bond donors (Lipinski definition) is 1. The molecule has 0 saturated heterocycles. The third-order valence-electron chi connectivity index (χ3n) is 2.18. The molecule has 2 heterocycles. The molecule has 1 N–H and O–H groups in total. The van der Waals surface area contributed by atoms with Crippen LogP contribution in [-0.4, -0.2) is 20.6 Å². The smallest absolute Gasteiger partial charge is 0.326 e. The van der Waals surface area contributed by atoms with Crippen LogP contribution in [0.4, 0.5) is 0 Å². The number of thiophene rings is 1. The molecule has 15 heavy (non-hydrogen) atoms. The molecule has 0 aromatic carbocycles. The number of carbonyl (C=O) groups is 1. The van der Waals surface area contributed by atoms with E-state index in [1.54, 1.807) is 35.2 Å². The fourth-order valence-electron chi connectivity index (χ4n) is 1.34. The molecule has 4 nitrogen and oxygen atoms in total. The summed E-state index contributed by atoms with van der Waals surface area (Å²) in [6, 6.07) is 3.26. The third kappa shape index (κ3) is 1.78. The van der Waals surface area contributed by atoms with E-state index in [0.29, 0.717) is 5.82 Å². The first kappa shape index (κ1) is 9.92. The van der Waals surface area contributed by atoms with Crippen LogP contribution in [0.25, 0.3) is 10.7 Å². The molecule has 0 unspecified atom stereocenters. The van der Waals surface area contributed by atoms with Crippen LogP contribution in [0.1, 0.15) is 13.0 Å². The van der Waals surface area contributed by atoms with Crippen LogP contribution in [0.5, 0.6) is 0 Å². The Kier molecular flexibility index (Phi) is 2.55. The van der Waals surface area contributed by atoms with Crippen molar-refractivity contribution in [1.29, 1.82) is 0 Å². The van der Waals surface area contributed by atoms with E-state index >= 15 is 0 Å². The van der Waals surface area contributed by atoms with Crippen molar-refractivity contribution in [3.05, 3.63) is 29.9 Å². The van der Waals surface area contributed by atoms with Crippen LogP contribution < -0.4 is 0 Å². The van der Waals surface area contributed by atoms with Gasteiger partial charge in [0.05, 0.1) is 4.88 Å². The van der Waals surface area contributed by atoms with Gasteiger partial charge in [-0.2, -0.15) is 0 Å². The summed E-state index contributed by atoms with van der Waals surface area (Å²) in [5.74, 6) is -0.147. The van der Waals surface area contributed by atoms with E-state index in [-0.39, 0.29) is 0 Å². The molecule has 0 fully saturated rings. The summed E-state index contributed by atoms with van der Waals surface area (Å²) in [5.41, 5.74) is 0. The second-order valence-corrected chi connectivity index (χ2v) is 4.10. The lowest BCUT2D eigenvalue weighted by Crippen LogP contribution is -2.15. The average molecular weight is 222 g/mol. The van der Waals surface area contributed by atoms with Crippen LogP contribution in [-0.2, 0) is 4.79 Å². The predicted octanol–water partition coefficient (Wildman–Crippen LogP) is 2.26. The van der Waals surface area contributed by atoms with Gasteiger partial charge < -0.3 is 9.67 Å². The second-order valence-electron chi connectivity index (χ2n) is 3.15. The summed E-state index contributed by atoms with van der Waals surface area (Å²) in [6.07, 6.45) is 3.31. The first-order chi connectivity index (χ1) is 7.20. The number of hydrogen-bond acceptors (Lipinski definition) is 3. The first-order valence-corrected chi connectivity index (χ1v) is 5.37. The molecule has 0 aliphatic carbocycles. The van der Waals surface area contributed by atoms with Gasteiger partial charge in [-0.3, -0.25) is 0 Å².